The van der Waals surface area contributed by atoms with Crippen molar-refractivity contribution in [2.45, 2.75) is 42.9 Å². The van der Waals surface area contributed by atoms with Gasteiger partial charge in [-0.25, -0.2) is 15.0 Å². The van der Waals surface area contributed by atoms with Gasteiger partial charge in [0, 0.05) is 21.1 Å². The molecule has 0 saturated heterocycles. The van der Waals surface area contributed by atoms with Gasteiger partial charge >= 0.3 is 0 Å². The van der Waals surface area contributed by atoms with Crippen LogP contribution in [0.2, 0.25) is 0 Å². The van der Waals surface area contributed by atoms with E-state index in [2.05, 4.69) is 56.3 Å². The van der Waals surface area contributed by atoms with Crippen molar-refractivity contribution in [3.05, 3.63) is 22.0 Å². The topological polar surface area (TPSA) is 100 Å². The highest BCUT2D eigenvalue weighted by Crippen LogP contribution is 2.41. The molecule has 0 spiro atoms. The highest BCUT2D eigenvalue weighted by atomic mass is 131. The molecular weight excluding hydrogens is 495 g/mol. The first-order valence-electron chi connectivity index (χ1n) is 9.00. The molecule has 8 nitrogen and oxygen atoms in total. The van der Waals surface area contributed by atoms with Crippen molar-refractivity contribution in [1.82, 2.24) is 24.8 Å². The predicted octanol–water partition coefficient (Wildman–Crippen LogP) is 3.28. The molecule has 148 valence electrons. The van der Waals surface area contributed by atoms with Crippen LogP contribution in [-0.4, -0.2) is 38.9 Å². The van der Waals surface area contributed by atoms with Crippen molar-refractivity contribution >= 4 is 51.3 Å². The maximum atomic E-state index is 6.04. The third-order valence-corrected chi connectivity index (χ3v) is 6.58. The maximum Gasteiger partial charge on any atom is 0.231 e. The molecule has 0 radical (unpaired) electrons. The molecule has 4 rings (SSSR count). The standard InChI is InChI=1S/C18H21IN6O2S/c1-10(2)21-4-3-5-25-17-15(16(20)22-8-23-17)24-18(25)28-14-7-13-12(6-11(14)19)26-9-27-13/h6-8,10,21H,3-5,9H2,1-2H3,(H2,20,22,23)/i19+4. The molecule has 28 heavy (non-hydrogen) atoms. The second kappa shape index (κ2) is 8.29. The number of benzene rings is 1. The van der Waals surface area contributed by atoms with Crippen molar-refractivity contribution in [3.8, 4) is 11.5 Å². The summed E-state index contributed by atoms with van der Waals surface area (Å²) in [5, 5.41) is 4.28. The molecule has 3 heterocycles. The van der Waals surface area contributed by atoms with E-state index >= 15 is 0 Å². The zero-order valence-corrected chi connectivity index (χ0v) is 18.6. The fourth-order valence-corrected chi connectivity index (χ4v) is 4.63. The molecule has 3 aromatic rings. The first-order valence-corrected chi connectivity index (χ1v) is 10.9. The summed E-state index contributed by atoms with van der Waals surface area (Å²) < 4.78 is 14.2. The Morgan fingerprint density at radius 1 is 1.29 bits per heavy atom. The van der Waals surface area contributed by atoms with Crippen LogP contribution < -0.4 is 20.5 Å². The van der Waals surface area contributed by atoms with Crippen molar-refractivity contribution in [2.24, 2.45) is 0 Å². The van der Waals surface area contributed by atoms with Gasteiger partial charge in [-0.3, -0.25) is 0 Å². The van der Waals surface area contributed by atoms with Crippen LogP contribution in [0.5, 0.6) is 11.5 Å². The molecule has 1 aromatic carbocycles. The normalized spacial score (nSPS) is 13.0. The minimum atomic E-state index is 0.257. The maximum absolute atomic E-state index is 6.04. The largest absolute Gasteiger partial charge is 0.454 e. The Bertz CT molecular complexity index is 1010. The van der Waals surface area contributed by atoms with Crippen LogP contribution in [0.25, 0.3) is 11.2 Å². The smallest absolute Gasteiger partial charge is 0.231 e. The van der Waals surface area contributed by atoms with Gasteiger partial charge < -0.3 is 25.1 Å². The molecule has 0 fully saturated rings. The summed E-state index contributed by atoms with van der Waals surface area (Å²) in [7, 11) is 0. The van der Waals surface area contributed by atoms with Crippen LogP contribution >= 0.6 is 34.4 Å². The average Bonchev–Trinajstić information content (AvgIpc) is 3.24. The molecule has 0 aliphatic carbocycles. The van der Waals surface area contributed by atoms with E-state index in [1.165, 1.54) is 6.33 Å². The van der Waals surface area contributed by atoms with Gasteiger partial charge in [0.25, 0.3) is 0 Å². The number of nitrogens with one attached hydrogen (secondary N) is 1. The lowest BCUT2D eigenvalue weighted by atomic mass is 10.3. The zero-order valence-electron chi connectivity index (χ0n) is 15.6. The predicted molar refractivity (Wildman–Crippen MR) is 117 cm³/mol. The van der Waals surface area contributed by atoms with Crippen LogP contribution in [0.15, 0.2) is 28.5 Å². The van der Waals surface area contributed by atoms with Crippen LogP contribution in [0.1, 0.15) is 20.3 Å². The van der Waals surface area contributed by atoms with Gasteiger partial charge in [-0.05, 0) is 47.7 Å². The van der Waals surface area contributed by atoms with E-state index in [1.54, 1.807) is 11.8 Å². The Labute approximate surface area is 180 Å². The molecule has 0 atom stereocenters. The summed E-state index contributed by atoms with van der Waals surface area (Å²) in [5.41, 5.74) is 7.44. The molecule has 0 amide bonds. The lowest BCUT2D eigenvalue weighted by Crippen LogP contribution is -2.24. The van der Waals surface area contributed by atoms with Crippen molar-refractivity contribution in [1.29, 1.82) is 0 Å². The SMILES string of the molecule is CC(C)NCCCn1c(Sc2cc3c(cc2[131I])OCO3)nc2c(N)ncnc21. The molecule has 3 N–H and O–H groups in total. The molecule has 0 saturated carbocycles. The van der Waals surface area contributed by atoms with E-state index in [-0.39, 0.29) is 6.79 Å². The van der Waals surface area contributed by atoms with Gasteiger partial charge in [0.05, 0.1) is 0 Å². The van der Waals surface area contributed by atoms with Gasteiger partial charge in [-0.1, -0.05) is 25.6 Å². The van der Waals surface area contributed by atoms with Crippen LogP contribution in [0.3, 0.4) is 0 Å². The number of imidazole rings is 1. The molecule has 1 aliphatic rings. The molecule has 2 aromatic heterocycles. The number of aromatic nitrogens is 4. The second-order valence-corrected chi connectivity index (χ2v) is 8.85. The first kappa shape index (κ1) is 19.5. The highest BCUT2D eigenvalue weighted by Gasteiger charge is 2.20. The van der Waals surface area contributed by atoms with E-state index in [9.17, 15) is 0 Å². The number of halogens is 1. The minimum Gasteiger partial charge on any atom is -0.454 e. The lowest BCUT2D eigenvalue weighted by molar-refractivity contribution is 0.174. The third-order valence-electron chi connectivity index (χ3n) is 4.26. The molecular formula is C18H21IN6O2S. The van der Waals surface area contributed by atoms with Gasteiger partial charge in [0.2, 0.25) is 6.79 Å². The Kier molecular flexibility index (Phi) is 5.78. The van der Waals surface area contributed by atoms with Crippen molar-refractivity contribution < 1.29 is 9.47 Å². The van der Waals surface area contributed by atoms with Crippen molar-refractivity contribution in [2.75, 3.05) is 19.1 Å². The van der Waals surface area contributed by atoms with E-state index in [0.717, 1.165) is 50.3 Å². The summed E-state index contributed by atoms with van der Waals surface area (Å²) in [6.07, 6.45) is 2.44. The molecule has 10 heteroatoms. The first-order chi connectivity index (χ1) is 13.5. The summed E-state index contributed by atoms with van der Waals surface area (Å²) in [6, 6.07) is 4.44. The number of nitrogen functional groups attached to an aromatic ring is 1. The summed E-state index contributed by atoms with van der Waals surface area (Å²) >= 11 is 3.87. The second-order valence-electron chi connectivity index (χ2n) is 6.68. The minimum absolute atomic E-state index is 0.257. The number of rotatable bonds is 7. The zero-order chi connectivity index (χ0) is 19.7. The Morgan fingerprint density at radius 3 is 2.86 bits per heavy atom. The van der Waals surface area contributed by atoms with Gasteiger partial charge in [-0.2, -0.15) is 0 Å². The fourth-order valence-electron chi connectivity index (χ4n) is 2.92. The number of aryl methyl sites for hydroxylation is 1. The summed E-state index contributed by atoms with van der Waals surface area (Å²) in [4.78, 5) is 14.3. The van der Waals surface area contributed by atoms with Gasteiger partial charge in [-0.15, -0.1) is 0 Å². The van der Waals surface area contributed by atoms with E-state index in [0.29, 0.717) is 17.4 Å². The van der Waals surface area contributed by atoms with Gasteiger partial charge in [0.15, 0.2) is 33.6 Å². The molecule has 0 bridgehead atoms. The summed E-state index contributed by atoms with van der Waals surface area (Å²) in [5.74, 6) is 1.93. The number of hydrogen-bond donors (Lipinski definition) is 2. The number of hydrogen-bond acceptors (Lipinski definition) is 8. The van der Waals surface area contributed by atoms with E-state index < -0.39 is 0 Å². The Morgan fingerprint density at radius 2 is 2.07 bits per heavy atom. The molecule has 0 unspecified atom stereocenters. The summed E-state index contributed by atoms with van der Waals surface area (Å²) in [6.45, 7) is 6.25. The number of nitrogens with zero attached hydrogens (tertiary/aromatic N) is 4. The fraction of sp³-hybridized carbons (Fsp3) is 0.389. The number of ether oxygens (including phenoxy) is 2. The Balaban J connectivity index is 1.66. The highest BCUT2D eigenvalue weighted by molar-refractivity contribution is 14.1. The van der Waals surface area contributed by atoms with E-state index in [1.807, 2.05) is 12.1 Å². The van der Waals surface area contributed by atoms with Gasteiger partial charge in [0.1, 0.15) is 6.33 Å². The number of fused-ring (bicyclic) bond motifs is 2. The van der Waals surface area contributed by atoms with Crippen molar-refractivity contribution in [3.63, 3.8) is 0 Å². The average molecular weight is 516 g/mol. The van der Waals surface area contributed by atoms with E-state index in [4.69, 9.17) is 20.2 Å². The number of nitrogens with two attached hydrogens (primary N) is 1. The van der Waals surface area contributed by atoms with Crippen LogP contribution in [0, 0.1) is 3.57 Å². The Hall–Kier alpha value is -1.79. The molecule has 1 aliphatic heterocycles. The number of anilines is 1. The quantitative estimate of drug-likeness (QED) is 0.365. The monoisotopic (exact) mass is 516 g/mol. The third kappa shape index (κ3) is 3.98. The lowest BCUT2D eigenvalue weighted by Gasteiger charge is -2.11. The van der Waals surface area contributed by atoms with Crippen LogP contribution in [0.4, 0.5) is 5.82 Å². The van der Waals surface area contributed by atoms with Crippen LogP contribution in [-0.2, 0) is 6.54 Å².